The number of amides is 2. The van der Waals surface area contributed by atoms with E-state index < -0.39 is 6.04 Å². The van der Waals surface area contributed by atoms with E-state index in [2.05, 4.69) is 22.2 Å². The first kappa shape index (κ1) is 16.5. The van der Waals surface area contributed by atoms with Gasteiger partial charge in [-0.25, -0.2) is 9.97 Å². The van der Waals surface area contributed by atoms with E-state index in [-0.39, 0.29) is 11.8 Å². The molecule has 2 amide bonds. The summed E-state index contributed by atoms with van der Waals surface area (Å²) in [7, 11) is 0. The molecule has 0 bridgehead atoms. The molecule has 2 saturated carbocycles. The fraction of sp³-hybridized carbons (Fsp3) is 0.684. The second-order valence-electron chi connectivity index (χ2n) is 8.17. The molecule has 0 aromatic carbocycles. The maximum Gasteiger partial charge on any atom is 0.255 e. The van der Waals surface area contributed by atoms with E-state index in [1.807, 2.05) is 4.90 Å². The number of hydrogen-bond donors (Lipinski definition) is 1. The van der Waals surface area contributed by atoms with Crippen molar-refractivity contribution in [1.29, 1.82) is 0 Å². The highest BCUT2D eigenvalue weighted by Crippen LogP contribution is 2.53. The van der Waals surface area contributed by atoms with Gasteiger partial charge in [-0.15, -0.1) is 0 Å². The Kier molecular flexibility index (Phi) is 4.01. The molecule has 2 aliphatic carbocycles. The van der Waals surface area contributed by atoms with Crippen LogP contribution < -0.4 is 5.32 Å². The highest BCUT2D eigenvalue weighted by Gasteiger charge is 2.45. The summed E-state index contributed by atoms with van der Waals surface area (Å²) in [5.74, 6) is 1.61. The highest BCUT2D eigenvalue weighted by atomic mass is 16.2. The molecule has 1 aliphatic heterocycles. The van der Waals surface area contributed by atoms with Gasteiger partial charge in [0.15, 0.2) is 0 Å². The minimum atomic E-state index is -0.524. The average Bonchev–Trinajstić information content (AvgIpc) is 3.54. The number of carbonyl (C=O) groups is 2. The summed E-state index contributed by atoms with van der Waals surface area (Å²) in [6.45, 7) is 5.56. The van der Waals surface area contributed by atoms with E-state index in [0.717, 1.165) is 38.2 Å². The van der Waals surface area contributed by atoms with Crippen molar-refractivity contribution < 1.29 is 9.59 Å². The van der Waals surface area contributed by atoms with Gasteiger partial charge in [0.25, 0.3) is 5.91 Å². The summed E-state index contributed by atoms with van der Waals surface area (Å²) >= 11 is 0. The van der Waals surface area contributed by atoms with Gasteiger partial charge in [0.05, 0.1) is 5.56 Å². The lowest BCUT2D eigenvalue weighted by molar-refractivity contribution is -0.134. The third kappa shape index (κ3) is 3.39. The van der Waals surface area contributed by atoms with Gasteiger partial charge in [-0.1, -0.05) is 6.92 Å². The van der Waals surface area contributed by atoms with Gasteiger partial charge in [0.1, 0.15) is 11.9 Å². The van der Waals surface area contributed by atoms with Crippen molar-refractivity contribution >= 4 is 11.8 Å². The number of likely N-dealkylation sites (tertiary alicyclic amines) is 1. The SMILES string of the molecule is C[C@H](NC(=O)c1cnc([C@H]2C[C@H]2C)nc1)C(=O)N1CCC2(CC1)CC2. The Morgan fingerprint density at radius 2 is 1.80 bits per heavy atom. The molecule has 134 valence electrons. The van der Waals surface area contributed by atoms with Crippen molar-refractivity contribution in [2.75, 3.05) is 13.1 Å². The molecular weight excluding hydrogens is 316 g/mol. The summed E-state index contributed by atoms with van der Waals surface area (Å²) < 4.78 is 0. The van der Waals surface area contributed by atoms with Crippen molar-refractivity contribution in [3.8, 4) is 0 Å². The number of nitrogens with zero attached hydrogens (tertiary/aromatic N) is 3. The number of hydrogen-bond acceptors (Lipinski definition) is 4. The summed E-state index contributed by atoms with van der Waals surface area (Å²) in [5, 5.41) is 2.79. The van der Waals surface area contributed by atoms with Gasteiger partial charge in [-0.05, 0) is 50.4 Å². The Bertz CT molecular complexity index is 673. The first-order valence-electron chi connectivity index (χ1n) is 9.39. The third-order valence-corrected chi connectivity index (χ3v) is 6.19. The number of piperidine rings is 1. The Labute approximate surface area is 148 Å². The second-order valence-corrected chi connectivity index (χ2v) is 8.17. The molecule has 1 aromatic rings. The summed E-state index contributed by atoms with van der Waals surface area (Å²) in [4.78, 5) is 35.4. The van der Waals surface area contributed by atoms with Crippen molar-refractivity contribution in [1.82, 2.24) is 20.2 Å². The second kappa shape index (κ2) is 6.07. The largest absolute Gasteiger partial charge is 0.341 e. The molecule has 4 rings (SSSR count). The first-order chi connectivity index (χ1) is 12.0. The Hall–Kier alpha value is -1.98. The number of carbonyl (C=O) groups excluding carboxylic acids is 2. The number of rotatable bonds is 4. The quantitative estimate of drug-likeness (QED) is 0.909. The van der Waals surface area contributed by atoms with Crippen LogP contribution in [0.1, 0.15) is 68.1 Å². The maximum atomic E-state index is 12.6. The van der Waals surface area contributed by atoms with E-state index in [1.54, 1.807) is 19.3 Å². The van der Waals surface area contributed by atoms with Crippen LogP contribution in [0.25, 0.3) is 0 Å². The van der Waals surface area contributed by atoms with Crippen molar-refractivity contribution in [3.63, 3.8) is 0 Å². The lowest BCUT2D eigenvalue weighted by Gasteiger charge is -2.33. The molecule has 0 unspecified atom stereocenters. The smallest absolute Gasteiger partial charge is 0.255 e. The topological polar surface area (TPSA) is 75.2 Å². The van der Waals surface area contributed by atoms with Crippen LogP contribution in [0.5, 0.6) is 0 Å². The van der Waals surface area contributed by atoms with E-state index in [0.29, 0.717) is 22.8 Å². The molecular formula is C19H26N4O2. The average molecular weight is 342 g/mol. The molecule has 1 N–H and O–H groups in total. The van der Waals surface area contributed by atoms with Gasteiger partial charge in [-0.3, -0.25) is 9.59 Å². The third-order valence-electron chi connectivity index (χ3n) is 6.19. The van der Waals surface area contributed by atoms with Crippen LogP contribution >= 0.6 is 0 Å². The van der Waals surface area contributed by atoms with Crippen LogP contribution in [0, 0.1) is 11.3 Å². The van der Waals surface area contributed by atoms with Crippen molar-refractivity contribution in [2.24, 2.45) is 11.3 Å². The zero-order valence-corrected chi connectivity index (χ0v) is 15.0. The van der Waals surface area contributed by atoms with Crippen LogP contribution in [-0.2, 0) is 4.79 Å². The Morgan fingerprint density at radius 3 is 2.32 bits per heavy atom. The van der Waals surface area contributed by atoms with Gasteiger partial charge < -0.3 is 10.2 Å². The van der Waals surface area contributed by atoms with Crippen molar-refractivity contribution in [3.05, 3.63) is 23.8 Å². The van der Waals surface area contributed by atoms with Gasteiger partial charge >= 0.3 is 0 Å². The zero-order chi connectivity index (χ0) is 17.6. The Morgan fingerprint density at radius 1 is 1.20 bits per heavy atom. The molecule has 1 aromatic heterocycles. The lowest BCUT2D eigenvalue weighted by atomic mass is 9.93. The van der Waals surface area contributed by atoms with Crippen LogP contribution in [-0.4, -0.2) is 45.8 Å². The minimum absolute atomic E-state index is 0.00759. The first-order valence-corrected chi connectivity index (χ1v) is 9.39. The van der Waals surface area contributed by atoms with Gasteiger partial charge in [0, 0.05) is 31.4 Å². The highest BCUT2D eigenvalue weighted by molar-refractivity contribution is 5.97. The van der Waals surface area contributed by atoms with E-state index in [4.69, 9.17) is 0 Å². The molecule has 3 aliphatic rings. The monoisotopic (exact) mass is 342 g/mol. The number of nitrogens with one attached hydrogen (secondary N) is 1. The zero-order valence-electron chi connectivity index (χ0n) is 15.0. The predicted molar refractivity (Wildman–Crippen MR) is 93.0 cm³/mol. The molecule has 6 nitrogen and oxygen atoms in total. The van der Waals surface area contributed by atoms with Crippen LogP contribution in [0.2, 0.25) is 0 Å². The van der Waals surface area contributed by atoms with E-state index >= 15 is 0 Å². The Balaban J connectivity index is 1.31. The van der Waals surface area contributed by atoms with Crippen molar-refractivity contribution in [2.45, 2.75) is 57.9 Å². The fourth-order valence-corrected chi connectivity index (χ4v) is 3.82. The summed E-state index contributed by atoms with van der Waals surface area (Å²) in [6, 6.07) is -0.524. The lowest BCUT2D eigenvalue weighted by Crippen LogP contribution is -2.49. The fourth-order valence-electron chi connectivity index (χ4n) is 3.82. The van der Waals surface area contributed by atoms with Crippen LogP contribution in [0.4, 0.5) is 0 Å². The van der Waals surface area contributed by atoms with Gasteiger partial charge in [-0.2, -0.15) is 0 Å². The number of aromatic nitrogens is 2. The molecule has 1 saturated heterocycles. The summed E-state index contributed by atoms with van der Waals surface area (Å²) in [6.07, 6.45) is 9.10. The molecule has 3 atom stereocenters. The standard InChI is InChI=1S/C19H26N4O2/c1-12-9-15(12)16-20-10-14(11-21-16)17(24)22-13(2)18(25)23-7-5-19(3-4-19)6-8-23/h10-13,15H,3-9H2,1-2H3,(H,22,24)/t12-,13+,15+/m1/s1. The molecule has 25 heavy (non-hydrogen) atoms. The molecule has 0 radical (unpaired) electrons. The molecule has 6 heteroatoms. The maximum absolute atomic E-state index is 12.6. The van der Waals surface area contributed by atoms with Crippen LogP contribution in [0.15, 0.2) is 12.4 Å². The molecule has 3 fully saturated rings. The molecule has 1 spiro atoms. The molecule has 2 heterocycles. The van der Waals surface area contributed by atoms with E-state index in [9.17, 15) is 9.59 Å². The van der Waals surface area contributed by atoms with Crippen LogP contribution in [0.3, 0.4) is 0 Å². The summed E-state index contributed by atoms with van der Waals surface area (Å²) in [5.41, 5.74) is 0.953. The predicted octanol–water partition coefficient (Wildman–Crippen LogP) is 2.12. The van der Waals surface area contributed by atoms with Gasteiger partial charge in [0.2, 0.25) is 5.91 Å². The normalized spacial score (nSPS) is 27.7. The minimum Gasteiger partial charge on any atom is -0.341 e. The van der Waals surface area contributed by atoms with E-state index in [1.165, 1.54) is 12.8 Å².